The van der Waals surface area contributed by atoms with Gasteiger partial charge in [-0.05, 0) is 36.3 Å². The minimum absolute atomic E-state index is 0. The van der Waals surface area contributed by atoms with Crippen LogP contribution in [0.5, 0.6) is 5.75 Å². The second kappa shape index (κ2) is 7.97. The van der Waals surface area contributed by atoms with Crippen LogP contribution in [-0.2, 0) is 37.5 Å². The molecule has 9 heteroatoms. The maximum atomic E-state index is 13.1. The molecule has 0 bridgehead atoms. The molecule has 2 aliphatic rings. The molecule has 30 heavy (non-hydrogen) atoms. The van der Waals surface area contributed by atoms with Gasteiger partial charge >= 0.3 is 0 Å². The van der Waals surface area contributed by atoms with Gasteiger partial charge in [0.25, 0.3) is 0 Å². The molecule has 0 amide bonds. The summed E-state index contributed by atoms with van der Waals surface area (Å²) in [7, 11) is 0. The summed E-state index contributed by atoms with van der Waals surface area (Å²) in [5.41, 5.74) is -0.906. The van der Waals surface area contributed by atoms with Crippen LogP contribution in [0.4, 0.5) is 11.4 Å². The number of nitrogens with zero attached hydrogens (tertiary/aromatic N) is 1. The molecule has 147 valence electrons. The number of carbonyl (C=O) groups is 2. The van der Waals surface area contributed by atoms with Gasteiger partial charge < -0.3 is 20.3 Å². The first-order valence-electron chi connectivity index (χ1n) is 8.51. The molecule has 2 aromatic rings. The fraction of sp³-hybridized carbons (Fsp3) is 0.0476. The molecule has 3 N–H and O–H groups in total. The molecule has 0 spiro atoms. The average Bonchev–Trinajstić information content (AvgIpc) is 2.69. The fourth-order valence-electron chi connectivity index (χ4n) is 3.42. The zero-order chi connectivity index (χ0) is 20.9. The van der Waals surface area contributed by atoms with E-state index >= 15 is 0 Å². The number of nitro groups is 1. The molecule has 0 saturated carbocycles. The van der Waals surface area contributed by atoms with Gasteiger partial charge in [-0.1, -0.05) is 24.3 Å². The van der Waals surface area contributed by atoms with E-state index in [0.717, 1.165) is 6.08 Å². The van der Waals surface area contributed by atoms with E-state index in [9.17, 15) is 29.9 Å². The number of hydrogen-bond donors (Lipinski definition) is 3. The van der Waals surface area contributed by atoms with Crippen LogP contribution in [-0.4, -0.2) is 26.7 Å². The molecular formula is C21H13N2O6Y-. The van der Waals surface area contributed by atoms with E-state index in [1.165, 1.54) is 6.07 Å². The Labute approximate surface area is 195 Å². The molecule has 0 heterocycles. The molecule has 2 aliphatic carbocycles. The first kappa shape index (κ1) is 21.6. The Kier molecular flexibility index (Phi) is 5.74. The third kappa shape index (κ3) is 3.28. The molecule has 1 radical (unpaired) electrons. The van der Waals surface area contributed by atoms with E-state index in [1.807, 2.05) is 6.07 Å². The first-order chi connectivity index (χ1) is 13.8. The number of Topliss-reactive ketones (excluding diaryl/α,β-unsaturated/α-hetero) is 2. The number of anilines is 2. The summed E-state index contributed by atoms with van der Waals surface area (Å²) in [6, 6.07) is 10.4. The number of fused-ring (bicyclic) bond motifs is 2. The quantitative estimate of drug-likeness (QED) is 0.267. The molecule has 4 rings (SSSR count). The maximum Gasteiger partial charge on any atom is 0.180 e. The Morgan fingerprint density at radius 1 is 1.07 bits per heavy atom. The number of phenols is 1. The van der Waals surface area contributed by atoms with E-state index in [2.05, 4.69) is 11.4 Å². The largest absolute Gasteiger partial charge is 0.519 e. The number of aliphatic hydroxyl groups is 1. The van der Waals surface area contributed by atoms with Crippen LogP contribution >= 0.6 is 0 Å². The van der Waals surface area contributed by atoms with Crippen molar-refractivity contribution >= 4 is 28.7 Å². The standard InChI is InChI=1S/C21H13N2O6.Y/c1-10-9-12(22-11-5-3-2-4-6-11)15-18(19(10)25)21(27)16-13(23(28)29)7-8-14(24)17(16)20(15)26;/h2-7,9,22,25-26H,1H3;/q-1;. The van der Waals surface area contributed by atoms with Gasteiger partial charge in [-0.2, -0.15) is 0 Å². The Bertz CT molecular complexity index is 1210. The minimum atomic E-state index is -0.914. The average molecular weight is 478 g/mol. The van der Waals surface area contributed by atoms with Crippen molar-refractivity contribution in [1.82, 2.24) is 0 Å². The number of aryl methyl sites for hydroxylation is 1. The summed E-state index contributed by atoms with van der Waals surface area (Å²) in [4.78, 5) is 36.0. The topological polar surface area (TPSA) is 130 Å². The van der Waals surface area contributed by atoms with Crippen molar-refractivity contribution in [3.63, 3.8) is 0 Å². The number of hydrogen-bond acceptors (Lipinski definition) is 7. The van der Waals surface area contributed by atoms with E-state index in [-0.39, 0.29) is 49.5 Å². The minimum Gasteiger partial charge on any atom is -0.519 e. The molecule has 0 saturated heterocycles. The third-order valence-electron chi connectivity index (χ3n) is 4.74. The normalized spacial score (nSPS) is 14.8. The number of aliphatic hydroxyl groups excluding tert-OH is 1. The van der Waals surface area contributed by atoms with Crippen LogP contribution in [0.1, 0.15) is 21.5 Å². The van der Waals surface area contributed by atoms with Crippen molar-refractivity contribution in [2.45, 2.75) is 6.92 Å². The van der Waals surface area contributed by atoms with Gasteiger partial charge in [-0.3, -0.25) is 14.9 Å². The zero-order valence-corrected chi connectivity index (χ0v) is 18.4. The number of allylic oxidation sites excluding steroid dienone is 4. The Hall–Kier alpha value is -3.10. The summed E-state index contributed by atoms with van der Waals surface area (Å²) in [5, 5.41) is 35.8. The van der Waals surface area contributed by atoms with Gasteiger partial charge in [0.2, 0.25) is 0 Å². The number of phenolic OH excluding ortho intramolecular Hbond substituents is 1. The van der Waals surface area contributed by atoms with Crippen molar-refractivity contribution in [1.29, 1.82) is 0 Å². The zero-order valence-electron chi connectivity index (χ0n) is 15.6. The van der Waals surface area contributed by atoms with Gasteiger partial charge in [-0.15, -0.1) is 6.08 Å². The van der Waals surface area contributed by atoms with Gasteiger partial charge in [0, 0.05) is 60.1 Å². The number of benzene rings is 2. The number of para-hydroxylation sites is 1. The van der Waals surface area contributed by atoms with Crippen molar-refractivity contribution in [3.05, 3.63) is 92.2 Å². The third-order valence-corrected chi connectivity index (χ3v) is 4.74. The predicted molar refractivity (Wildman–Crippen MR) is 103 cm³/mol. The molecule has 8 nitrogen and oxygen atoms in total. The van der Waals surface area contributed by atoms with Crippen LogP contribution in [0, 0.1) is 23.1 Å². The van der Waals surface area contributed by atoms with Gasteiger partial charge in [-0.25, -0.2) is 0 Å². The van der Waals surface area contributed by atoms with Crippen LogP contribution in [0.2, 0.25) is 0 Å². The van der Waals surface area contributed by atoms with Crippen molar-refractivity contribution in [3.8, 4) is 5.75 Å². The van der Waals surface area contributed by atoms with Crippen molar-refractivity contribution in [2.75, 3.05) is 5.32 Å². The number of aromatic hydroxyl groups is 1. The summed E-state index contributed by atoms with van der Waals surface area (Å²) in [5.74, 6) is -2.82. The monoisotopic (exact) mass is 478 g/mol. The summed E-state index contributed by atoms with van der Waals surface area (Å²) < 4.78 is 0. The second-order valence-electron chi connectivity index (χ2n) is 6.52. The number of ketones is 2. The second-order valence-corrected chi connectivity index (χ2v) is 6.52. The Balaban J connectivity index is 0.00000256. The predicted octanol–water partition coefficient (Wildman–Crippen LogP) is 3.38. The van der Waals surface area contributed by atoms with Crippen LogP contribution < -0.4 is 5.32 Å². The smallest absolute Gasteiger partial charge is 0.180 e. The summed E-state index contributed by atoms with van der Waals surface area (Å²) >= 11 is 0. The van der Waals surface area contributed by atoms with E-state index in [0.29, 0.717) is 11.3 Å². The van der Waals surface area contributed by atoms with Gasteiger partial charge in [0.05, 0.1) is 17.1 Å². The molecule has 0 aliphatic heterocycles. The number of carbonyl (C=O) groups excluding carboxylic acids is 2. The van der Waals surface area contributed by atoms with Gasteiger partial charge in [0.1, 0.15) is 5.75 Å². The first-order valence-corrected chi connectivity index (χ1v) is 8.51. The number of nitrogens with one attached hydrogen (secondary N) is 1. The Morgan fingerprint density at radius 2 is 1.73 bits per heavy atom. The fourth-order valence-corrected chi connectivity index (χ4v) is 3.42. The van der Waals surface area contributed by atoms with E-state index < -0.39 is 44.8 Å². The maximum absolute atomic E-state index is 13.1. The summed E-state index contributed by atoms with van der Waals surface area (Å²) in [6.07, 6.45) is 2.97. The molecule has 2 aromatic carbocycles. The van der Waals surface area contributed by atoms with Crippen LogP contribution in [0.15, 0.2) is 59.3 Å². The molecule has 0 unspecified atom stereocenters. The summed E-state index contributed by atoms with van der Waals surface area (Å²) in [6.45, 7) is 1.55. The molecular weight excluding hydrogens is 465 g/mol. The van der Waals surface area contributed by atoms with Gasteiger partial charge in [0.15, 0.2) is 11.5 Å². The van der Waals surface area contributed by atoms with Crippen LogP contribution in [0.3, 0.4) is 0 Å². The van der Waals surface area contributed by atoms with Crippen molar-refractivity contribution in [2.24, 2.45) is 0 Å². The van der Waals surface area contributed by atoms with E-state index in [1.54, 1.807) is 31.2 Å². The molecule has 0 atom stereocenters. The molecule has 0 fully saturated rings. The SMILES string of the molecule is Cc1cc(Nc2ccccc2)c2c(c1O)C(=O)C1=C([N+](=O)[O-])C=[C-]C(=O)C1=C2O.[Y]. The Morgan fingerprint density at radius 3 is 2.37 bits per heavy atom. The van der Waals surface area contributed by atoms with Crippen LogP contribution in [0.25, 0.3) is 5.76 Å². The number of rotatable bonds is 3. The molecule has 0 aromatic heterocycles. The van der Waals surface area contributed by atoms with E-state index in [4.69, 9.17) is 0 Å². The van der Waals surface area contributed by atoms with Crippen molar-refractivity contribution < 1.29 is 57.4 Å².